The Labute approximate surface area is 126 Å². The zero-order valence-corrected chi connectivity index (χ0v) is 13.7. The van der Waals surface area contributed by atoms with Gasteiger partial charge >= 0.3 is 0 Å². The van der Waals surface area contributed by atoms with Gasteiger partial charge in [0.05, 0.1) is 0 Å². The van der Waals surface area contributed by atoms with Gasteiger partial charge in [0.2, 0.25) is 10.0 Å². The van der Waals surface area contributed by atoms with Crippen LogP contribution in [-0.2, 0) is 17.1 Å². The van der Waals surface area contributed by atoms with Crippen LogP contribution in [0.4, 0.5) is 0 Å². The molecule has 1 atom stereocenters. The summed E-state index contributed by atoms with van der Waals surface area (Å²) in [5, 5.41) is 7.95. The number of carbonyl (C=O) groups is 1. The number of amides is 1. The summed E-state index contributed by atoms with van der Waals surface area (Å²) in [5.41, 5.74) is 0.291. The van der Waals surface area contributed by atoms with E-state index in [4.69, 9.17) is 5.14 Å². The topological polar surface area (TPSA) is 94.2 Å². The molecule has 120 valence electrons. The van der Waals surface area contributed by atoms with Gasteiger partial charge in [-0.25, -0.2) is 13.6 Å². The number of aryl methyl sites for hydroxylation is 1. The number of unbranched alkanes of at least 4 members (excludes halogenated alkanes) is 3. The van der Waals surface area contributed by atoms with Crippen molar-refractivity contribution in [1.29, 1.82) is 0 Å². The molecule has 0 bridgehead atoms. The molecule has 0 aliphatic carbocycles. The lowest BCUT2D eigenvalue weighted by molar-refractivity contribution is 0.0929. The van der Waals surface area contributed by atoms with Crippen molar-refractivity contribution in [2.24, 2.45) is 12.2 Å². The molecule has 0 spiro atoms. The maximum absolute atomic E-state index is 12.1. The van der Waals surface area contributed by atoms with Crippen molar-refractivity contribution >= 4 is 15.9 Å². The average molecular weight is 315 g/mol. The number of hydrogen-bond donors (Lipinski definition) is 2. The summed E-state index contributed by atoms with van der Waals surface area (Å²) in [6.07, 6.45) is 6.88. The number of rotatable bonds is 8. The van der Waals surface area contributed by atoms with Crippen LogP contribution in [0.3, 0.4) is 0 Å². The van der Waals surface area contributed by atoms with Crippen molar-refractivity contribution in [3.63, 3.8) is 0 Å². The van der Waals surface area contributed by atoms with Gasteiger partial charge in [-0.1, -0.05) is 32.6 Å². The van der Waals surface area contributed by atoms with Crippen LogP contribution >= 0.6 is 0 Å². The first kappa shape index (κ1) is 17.7. The molecule has 0 aromatic carbocycles. The van der Waals surface area contributed by atoms with Crippen molar-refractivity contribution in [3.8, 4) is 0 Å². The molecule has 1 amide bonds. The van der Waals surface area contributed by atoms with E-state index in [0.717, 1.165) is 19.3 Å². The standard InChI is InChI=1S/C14H25N3O3S/c1-4-5-6-7-8-11(2)16-14(18)13-9-12(10-17(13)3)21(15,19)20/h9-11H,4-8H2,1-3H3,(H,16,18)(H2,15,19,20). The van der Waals surface area contributed by atoms with E-state index >= 15 is 0 Å². The predicted octanol–water partition coefficient (Wildman–Crippen LogP) is 1.76. The van der Waals surface area contributed by atoms with Crippen LogP contribution in [-0.4, -0.2) is 24.9 Å². The Hall–Kier alpha value is -1.34. The number of primary sulfonamides is 1. The Bertz CT molecular complexity index is 578. The number of nitrogens with two attached hydrogens (primary N) is 1. The van der Waals surface area contributed by atoms with E-state index in [0.29, 0.717) is 5.69 Å². The maximum Gasteiger partial charge on any atom is 0.268 e. The van der Waals surface area contributed by atoms with Gasteiger partial charge < -0.3 is 9.88 Å². The summed E-state index contributed by atoms with van der Waals surface area (Å²) < 4.78 is 24.0. The molecule has 7 heteroatoms. The molecule has 0 radical (unpaired) electrons. The molecule has 1 rings (SSSR count). The summed E-state index contributed by atoms with van der Waals surface area (Å²) in [6.45, 7) is 4.11. The minimum absolute atomic E-state index is 0.0502. The van der Waals surface area contributed by atoms with Gasteiger partial charge in [0, 0.05) is 19.3 Å². The van der Waals surface area contributed by atoms with Crippen LogP contribution in [0, 0.1) is 0 Å². The summed E-state index contributed by atoms with van der Waals surface area (Å²) in [7, 11) is -2.17. The van der Waals surface area contributed by atoms with Gasteiger partial charge in [0.15, 0.2) is 0 Å². The van der Waals surface area contributed by atoms with Crippen LogP contribution in [0.1, 0.15) is 56.4 Å². The maximum atomic E-state index is 12.1. The fraction of sp³-hybridized carbons (Fsp3) is 0.643. The Morgan fingerprint density at radius 3 is 2.57 bits per heavy atom. The second-order valence-electron chi connectivity index (χ2n) is 5.44. The molecule has 21 heavy (non-hydrogen) atoms. The molecule has 0 aliphatic heterocycles. The molecule has 1 aromatic rings. The third-order valence-corrected chi connectivity index (χ3v) is 4.29. The van der Waals surface area contributed by atoms with Gasteiger partial charge in [0.1, 0.15) is 10.6 Å². The fourth-order valence-corrected chi connectivity index (χ4v) is 2.74. The van der Waals surface area contributed by atoms with Crippen molar-refractivity contribution in [2.75, 3.05) is 0 Å². The summed E-state index contributed by atoms with van der Waals surface area (Å²) >= 11 is 0. The van der Waals surface area contributed by atoms with Crippen LogP contribution < -0.4 is 10.5 Å². The van der Waals surface area contributed by atoms with Gasteiger partial charge in [-0.2, -0.15) is 0 Å². The smallest absolute Gasteiger partial charge is 0.268 e. The highest BCUT2D eigenvalue weighted by Gasteiger charge is 2.18. The van der Waals surface area contributed by atoms with Crippen LogP contribution in [0.15, 0.2) is 17.2 Å². The zero-order valence-electron chi connectivity index (χ0n) is 12.9. The number of carbonyl (C=O) groups excluding carboxylic acids is 1. The second-order valence-corrected chi connectivity index (χ2v) is 7.00. The number of nitrogens with one attached hydrogen (secondary N) is 1. The Kier molecular flexibility index (Phi) is 6.42. The fourth-order valence-electron chi connectivity index (χ4n) is 2.16. The van der Waals surface area contributed by atoms with Gasteiger partial charge in [-0.15, -0.1) is 0 Å². The van der Waals surface area contributed by atoms with Crippen LogP contribution in [0.2, 0.25) is 0 Å². The van der Waals surface area contributed by atoms with E-state index in [1.54, 1.807) is 7.05 Å². The highest BCUT2D eigenvalue weighted by molar-refractivity contribution is 7.89. The molecule has 1 heterocycles. The molecular formula is C14H25N3O3S. The predicted molar refractivity (Wildman–Crippen MR) is 82.5 cm³/mol. The zero-order chi connectivity index (χ0) is 16.0. The SMILES string of the molecule is CCCCCCC(C)NC(=O)c1cc(S(N)(=O)=O)cn1C. The normalized spacial score (nSPS) is 13.1. The largest absolute Gasteiger partial charge is 0.348 e. The Balaban J connectivity index is 2.61. The molecule has 0 aliphatic rings. The van der Waals surface area contributed by atoms with E-state index in [1.165, 1.54) is 29.7 Å². The lowest BCUT2D eigenvalue weighted by Crippen LogP contribution is -2.33. The van der Waals surface area contributed by atoms with E-state index in [2.05, 4.69) is 12.2 Å². The summed E-state index contributed by atoms with van der Waals surface area (Å²) in [6, 6.07) is 1.36. The average Bonchev–Trinajstić information content (AvgIpc) is 2.77. The number of nitrogens with zero attached hydrogens (tertiary/aromatic N) is 1. The highest BCUT2D eigenvalue weighted by atomic mass is 32.2. The van der Waals surface area contributed by atoms with Crippen LogP contribution in [0.25, 0.3) is 0 Å². The number of sulfonamides is 1. The van der Waals surface area contributed by atoms with Gasteiger partial charge in [-0.05, 0) is 19.4 Å². The Morgan fingerprint density at radius 1 is 1.38 bits per heavy atom. The number of aromatic nitrogens is 1. The first-order valence-corrected chi connectivity index (χ1v) is 8.80. The molecule has 1 unspecified atom stereocenters. The molecule has 0 saturated heterocycles. The minimum atomic E-state index is -3.79. The molecule has 1 aromatic heterocycles. The van der Waals surface area contributed by atoms with E-state index in [9.17, 15) is 13.2 Å². The number of hydrogen-bond acceptors (Lipinski definition) is 3. The van der Waals surface area contributed by atoms with Gasteiger partial charge in [0.25, 0.3) is 5.91 Å². The quantitative estimate of drug-likeness (QED) is 0.716. The summed E-state index contributed by atoms with van der Waals surface area (Å²) in [4.78, 5) is 12.1. The van der Waals surface area contributed by atoms with Crippen molar-refractivity contribution in [2.45, 2.75) is 56.9 Å². The third-order valence-electron chi connectivity index (χ3n) is 3.41. The first-order valence-electron chi connectivity index (χ1n) is 7.25. The molecule has 0 saturated carbocycles. The highest BCUT2D eigenvalue weighted by Crippen LogP contribution is 2.12. The lowest BCUT2D eigenvalue weighted by atomic mass is 10.1. The third kappa shape index (κ3) is 5.51. The first-order chi connectivity index (χ1) is 9.75. The van der Waals surface area contributed by atoms with Crippen molar-refractivity contribution in [1.82, 2.24) is 9.88 Å². The monoisotopic (exact) mass is 315 g/mol. The minimum Gasteiger partial charge on any atom is -0.348 e. The van der Waals surface area contributed by atoms with Crippen molar-refractivity contribution < 1.29 is 13.2 Å². The van der Waals surface area contributed by atoms with E-state index < -0.39 is 10.0 Å². The molecule has 3 N–H and O–H groups in total. The van der Waals surface area contributed by atoms with E-state index in [1.807, 2.05) is 6.92 Å². The molecular weight excluding hydrogens is 290 g/mol. The molecule has 0 fully saturated rings. The molecule has 6 nitrogen and oxygen atoms in total. The lowest BCUT2D eigenvalue weighted by Gasteiger charge is -2.13. The summed E-state index contributed by atoms with van der Waals surface area (Å²) in [5.74, 6) is -0.282. The van der Waals surface area contributed by atoms with Crippen molar-refractivity contribution in [3.05, 3.63) is 18.0 Å². The van der Waals surface area contributed by atoms with Gasteiger partial charge in [-0.3, -0.25) is 4.79 Å². The van der Waals surface area contributed by atoms with E-state index in [-0.39, 0.29) is 16.8 Å². The van der Waals surface area contributed by atoms with Crippen LogP contribution in [0.5, 0.6) is 0 Å². The Morgan fingerprint density at radius 2 is 2.05 bits per heavy atom. The second kappa shape index (κ2) is 7.61.